The molecule has 0 bridgehead atoms. The van der Waals surface area contributed by atoms with Gasteiger partial charge in [-0.2, -0.15) is 0 Å². The first kappa shape index (κ1) is 35.1. The highest BCUT2D eigenvalue weighted by Crippen LogP contribution is 2.17. The predicted octanol–water partition coefficient (Wildman–Crippen LogP) is 5.08. The first-order chi connectivity index (χ1) is 21.9. The number of benzene rings is 3. The van der Waals surface area contributed by atoms with E-state index in [1.807, 2.05) is 39.0 Å². The number of carbonyl (C=O) groups is 5. The highest BCUT2D eigenvalue weighted by molar-refractivity contribution is 6.01. The van der Waals surface area contributed by atoms with Crippen LogP contribution in [-0.4, -0.2) is 77.9 Å². The number of nitrogens with zero attached hydrogens (tertiary/aromatic N) is 2. The molecule has 0 unspecified atom stereocenters. The van der Waals surface area contributed by atoms with Crippen LogP contribution >= 0.6 is 0 Å². The lowest BCUT2D eigenvalue weighted by Crippen LogP contribution is -2.46. The number of nitrogens with one attached hydrogen (secondary N) is 3. The molecule has 0 fully saturated rings. The summed E-state index contributed by atoms with van der Waals surface area (Å²) in [5.74, 6) is -1.76. The van der Waals surface area contributed by atoms with Crippen molar-refractivity contribution in [3.8, 4) is 5.75 Å². The third-order valence-corrected chi connectivity index (χ3v) is 7.03. The van der Waals surface area contributed by atoms with Gasteiger partial charge in [0.15, 0.2) is 0 Å². The summed E-state index contributed by atoms with van der Waals surface area (Å²) in [7, 11) is 1.50. The predicted molar refractivity (Wildman–Crippen MR) is 176 cm³/mol. The van der Waals surface area contributed by atoms with Crippen molar-refractivity contribution in [3.63, 3.8) is 0 Å². The van der Waals surface area contributed by atoms with E-state index in [1.165, 1.54) is 16.9 Å². The fourth-order valence-electron chi connectivity index (χ4n) is 4.38. The van der Waals surface area contributed by atoms with Crippen molar-refractivity contribution in [2.75, 3.05) is 49.2 Å². The standard InChI is InChI=1S/C34H41N5O7/c1-23(2)17-19-38(31(41)22-39(20-18-32(42)43)33(44)25-9-15-28(46-4)16-10-25)21-30(40)35-26-11-13-27(14-12-26)36-34(45)37-29-8-6-5-7-24(29)3/h5-16,23H,17-22H2,1-4H3,(H,35,40)(H,42,43)(H2,36,37,45). The van der Waals surface area contributed by atoms with E-state index < -0.39 is 36.3 Å². The molecule has 0 aliphatic rings. The van der Waals surface area contributed by atoms with Crippen LogP contribution in [0, 0.1) is 12.8 Å². The van der Waals surface area contributed by atoms with Gasteiger partial charge >= 0.3 is 12.0 Å². The summed E-state index contributed by atoms with van der Waals surface area (Å²) in [5.41, 5.74) is 2.87. The Hall–Kier alpha value is -5.39. The van der Waals surface area contributed by atoms with Crippen molar-refractivity contribution in [2.24, 2.45) is 5.92 Å². The van der Waals surface area contributed by atoms with Gasteiger partial charge in [0.25, 0.3) is 5.91 Å². The molecule has 0 radical (unpaired) electrons. The van der Waals surface area contributed by atoms with Crippen molar-refractivity contribution < 1.29 is 33.8 Å². The summed E-state index contributed by atoms with van der Waals surface area (Å²) in [5, 5.41) is 17.5. The monoisotopic (exact) mass is 631 g/mol. The molecule has 46 heavy (non-hydrogen) atoms. The van der Waals surface area contributed by atoms with Gasteiger partial charge in [-0.3, -0.25) is 19.2 Å². The average Bonchev–Trinajstić information content (AvgIpc) is 3.02. The quantitative estimate of drug-likeness (QED) is 0.182. The molecule has 3 aromatic rings. The normalized spacial score (nSPS) is 10.5. The van der Waals surface area contributed by atoms with Crippen molar-refractivity contribution >= 4 is 46.8 Å². The highest BCUT2D eigenvalue weighted by Gasteiger charge is 2.25. The molecular formula is C34H41N5O7. The SMILES string of the molecule is COc1ccc(C(=O)N(CCC(=O)O)CC(=O)N(CCC(C)C)CC(=O)Nc2ccc(NC(=O)Nc3ccccc3C)cc2)cc1. The van der Waals surface area contributed by atoms with Gasteiger partial charge in [0.1, 0.15) is 12.3 Å². The van der Waals surface area contributed by atoms with E-state index in [1.54, 1.807) is 54.6 Å². The second kappa shape index (κ2) is 17.2. The summed E-state index contributed by atoms with van der Waals surface area (Å²) in [6.45, 7) is 5.30. The summed E-state index contributed by atoms with van der Waals surface area (Å²) < 4.78 is 5.13. The largest absolute Gasteiger partial charge is 0.497 e. The number of methoxy groups -OCH3 is 1. The minimum atomic E-state index is -1.11. The Morgan fingerprint density at radius 2 is 1.41 bits per heavy atom. The Bertz CT molecular complexity index is 1510. The number of para-hydroxylation sites is 1. The van der Waals surface area contributed by atoms with Gasteiger partial charge in [-0.15, -0.1) is 0 Å². The molecule has 244 valence electrons. The van der Waals surface area contributed by atoms with Crippen LogP contribution in [0.2, 0.25) is 0 Å². The average molecular weight is 632 g/mol. The number of aliphatic carboxylic acids is 1. The molecule has 5 amide bonds. The van der Waals surface area contributed by atoms with Crippen molar-refractivity contribution in [1.82, 2.24) is 9.80 Å². The van der Waals surface area contributed by atoms with Crippen LogP contribution in [0.15, 0.2) is 72.8 Å². The molecule has 0 saturated carbocycles. The highest BCUT2D eigenvalue weighted by atomic mass is 16.5. The molecule has 0 atom stereocenters. The van der Waals surface area contributed by atoms with Crippen LogP contribution in [0.5, 0.6) is 5.75 Å². The second-order valence-corrected chi connectivity index (χ2v) is 11.1. The lowest BCUT2D eigenvalue weighted by atomic mass is 10.1. The first-order valence-corrected chi connectivity index (χ1v) is 14.9. The van der Waals surface area contributed by atoms with Crippen LogP contribution in [0.4, 0.5) is 21.9 Å². The van der Waals surface area contributed by atoms with Crippen LogP contribution < -0.4 is 20.7 Å². The van der Waals surface area contributed by atoms with Gasteiger partial charge in [0.2, 0.25) is 11.8 Å². The molecule has 3 aromatic carbocycles. The van der Waals surface area contributed by atoms with E-state index >= 15 is 0 Å². The first-order valence-electron chi connectivity index (χ1n) is 14.9. The maximum atomic E-state index is 13.5. The van der Waals surface area contributed by atoms with E-state index in [2.05, 4.69) is 16.0 Å². The lowest BCUT2D eigenvalue weighted by molar-refractivity contribution is -0.138. The molecule has 0 aliphatic heterocycles. The Labute approximate surface area is 268 Å². The smallest absolute Gasteiger partial charge is 0.323 e. The number of carboxylic acid groups (broad SMARTS) is 1. The molecule has 0 saturated heterocycles. The minimum Gasteiger partial charge on any atom is -0.497 e. The number of carboxylic acids is 1. The number of hydrogen-bond donors (Lipinski definition) is 4. The molecule has 3 rings (SSSR count). The number of amides is 5. The Morgan fingerprint density at radius 3 is 2.00 bits per heavy atom. The molecule has 12 heteroatoms. The summed E-state index contributed by atoms with van der Waals surface area (Å²) >= 11 is 0. The van der Waals surface area contributed by atoms with E-state index in [9.17, 15) is 29.1 Å². The molecule has 4 N–H and O–H groups in total. The molecule has 0 spiro atoms. The third-order valence-electron chi connectivity index (χ3n) is 7.03. The number of ether oxygens (including phenoxy) is 1. The number of carbonyl (C=O) groups excluding carboxylic acids is 4. The molecule has 0 aliphatic carbocycles. The van der Waals surface area contributed by atoms with Crippen molar-refractivity contribution in [1.29, 1.82) is 0 Å². The van der Waals surface area contributed by atoms with E-state index in [0.29, 0.717) is 29.2 Å². The second-order valence-electron chi connectivity index (χ2n) is 11.1. The van der Waals surface area contributed by atoms with Gasteiger partial charge in [-0.1, -0.05) is 32.0 Å². The van der Waals surface area contributed by atoms with Crippen molar-refractivity contribution in [2.45, 2.75) is 33.6 Å². The van der Waals surface area contributed by atoms with Crippen LogP contribution in [-0.2, 0) is 14.4 Å². The minimum absolute atomic E-state index is 0.181. The van der Waals surface area contributed by atoms with Gasteiger partial charge in [0.05, 0.1) is 20.1 Å². The van der Waals surface area contributed by atoms with Gasteiger partial charge in [-0.25, -0.2) is 4.79 Å². The fourth-order valence-corrected chi connectivity index (χ4v) is 4.38. The van der Waals surface area contributed by atoms with Gasteiger partial charge < -0.3 is 35.6 Å². The van der Waals surface area contributed by atoms with Gasteiger partial charge in [-0.05, 0) is 79.4 Å². The van der Waals surface area contributed by atoms with Crippen LogP contribution in [0.1, 0.15) is 42.6 Å². The number of urea groups is 1. The Morgan fingerprint density at radius 1 is 0.783 bits per heavy atom. The van der Waals surface area contributed by atoms with E-state index in [0.717, 1.165) is 5.56 Å². The summed E-state index contributed by atoms with van der Waals surface area (Å²) in [6, 6.07) is 19.8. The number of aryl methyl sites for hydroxylation is 1. The van der Waals surface area contributed by atoms with Crippen molar-refractivity contribution in [3.05, 3.63) is 83.9 Å². The number of hydrogen-bond acceptors (Lipinski definition) is 6. The number of anilines is 3. The molecular weight excluding hydrogens is 590 g/mol. The van der Waals surface area contributed by atoms with Gasteiger partial charge in [0, 0.05) is 35.7 Å². The Kier molecular flexibility index (Phi) is 13.1. The molecule has 0 aromatic heterocycles. The molecule has 0 heterocycles. The summed E-state index contributed by atoms with van der Waals surface area (Å²) in [4.78, 5) is 66.0. The van der Waals surface area contributed by atoms with Crippen LogP contribution in [0.25, 0.3) is 0 Å². The zero-order chi connectivity index (χ0) is 33.6. The number of rotatable bonds is 15. The topological polar surface area (TPSA) is 157 Å². The lowest BCUT2D eigenvalue weighted by Gasteiger charge is -2.28. The Balaban J connectivity index is 1.64. The maximum absolute atomic E-state index is 13.5. The summed E-state index contributed by atoms with van der Waals surface area (Å²) in [6.07, 6.45) is 0.269. The zero-order valence-electron chi connectivity index (χ0n) is 26.5. The van der Waals surface area contributed by atoms with Crippen LogP contribution in [0.3, 0.4) is 0 Å². The maximum Gasteiger partial charge on any atom is 0.323 e. The zero-order valence-corrected chi connectivity index (χ0v) is 26.5. The third kappa shape index (κ3) is 11.3. The molecule has 12 nitrogen and oxygen atoms in total. The van der Waals surface area contributed by atoms with E-state index in [4.69, 9.17) is 4.74 Å². The van der Waals surface area contributed by atoms with E-state index in [-0.39, 0.29) is 37.5 Å². The fraction of sp³-hybridized carbons (Fsp3) is 0.324.